The summed E-state index contributed by atoms with van der Waals surface area (Å²) >= 11 is 7.38. The number of nitrogens with zero attached hydrogens (tertiary/aromatic N) is 5. The summed E-state index contributed by atoms with van der Waals surface area (Å²) in [7, 11) is 5.63. The number of methoxy groups -OCH3 is 1. The Morgan fingerprint density at radius 1 is 1.23 bits per heavy atom. The standard InChI is InChI=1S/C21H25ClN6O2S/c1-27(2)11-4-12-28-20(15-7-9-23-10-8-15)25-26-21(28)31-14-19(29)24-17-13-16(22)5-6-18(17)30-3/h5-10,13H,4,11-12,14H2,1-3H3,(H,24,29). The number of hydrogen-bond acceptors (Lipinski definition) is 7. The van der Waals surface area contributed by atoms with Gasteiger partial charge in [0.15, 0.2) is 11.0 Å². The summed E-state index contributed by atoms with van der Waals surface area (Å²) in [5.41, 5.74) is 1.47. The lowest BCUT2D eigenvalue weighted by Gasteiger charge is -2.13. The number of pyridine rings is 1. The van der Waals surface area contributed by atoms with Crippen LogP contribution >= 0.6 is 23.4 Å². The van der Waals surface area contributed by atoms with Gasteiger partial charge in [-0.25, -0.2) is 0 Å². The van der Waals surface area contributed by atoms with Crippen molar-refractivity contribution >= 4 is 35.0 Å². The number of aromatic nitrogens is 4. The lowest BCUT2D eigenvalue weighted by atomic mass is 10.2. The molecule has 10 heteroatoms. The summed E-state index contributed by atoms with van der Waals surface area (Å²) in [5.74, 6) is 1.31. The highest BCUT2D eigenvalue weighted by atomic mass is 35.5. The molecule has 164 valence electrons. The Kier molecular flexibility index (Phi) is 8.27. The number of carbonyl (C=O) groups excluding carboxylic acids is 1. The van der Waals surface area contributed by atoms with Crippen LogP contribution in [0.25, 0.3) is 11.4 Å². The average Bonchev–Trinajstić information content (AvgIpc) is 3.15. The van der Waals surface area contributed by atoms with Crippen LogP contribution in [0.5, 0.6) is 5.75 Å². The maximum absolute atomic E-state index is 12.6. The molecule has 0 aliphatic carbocycles. The highest BCUT2D eigenvalue weighted by Crippen LogP contribution is 2.28. The van der Waals surface area contributed by atoms with Gasteiger partial charge in [0.2, 0.25) is 5.91 Å². The number of carbonyl (C=O) groups is 1. The summed E-state index contributed by atoms with van der Waals surface area (Å²) < 4.78 is 7.34. The Hall–Kier alpha value is -2.62. The molecule has 2 aromatic heterocycles. The van der Waals surface area contributed by atoms with Crippen molar-refractivity contribution in [3.63, 3.8) is 0 Å². The van der Waals surface area contributed by atoms with Gasteiger partial charge in [0.05, 0.1) is 18.6 Å². The Morgan fingerprint density at radius 3 is 2.71 bits per heavy atom. The first-order chi connectivity index (χ1) is 15.0. The molecule has 0 aliphatic rings. The fraction of sp³-hybridized carbons (Fsp3) is 0.333. The molecule has 31 heavy (non-hydrogen) atoms. The lowest BCUT2D eigenvalue weighted by Crippen LogP contribution is -2.17. The molecule has 1 amide bonds. The number of rotatable bonds is 10. The topological polar surface area (TPSA) is 85.2 Å². The van der Waals surface area contributed by atoms with Crippen molar-refractivity contribution in [3.8, 4) is 17.1 Å². The molecule has 0 radical (unpaired) electrons. The van der Waals surface area contributed by atoms with E-state index in [9.17, 15) is 4.79 Å². The van der Waals surface area contributed by atoms with Gasteiger partial charge < -0.3 is 19.5 Å². The molecule has 0 unspecified atom stereocenters. The van der Waals surface area contributed by atoms with Gasteiger partial charge >= 0.3 is 0 Å². The van der Waals surface area contributed by atoms with Crippen LogP contribution in [0.3, 0.4) is 0 Å². The van der Waals surface area contributed by atoms with E-state index in [1.54, 1.807) is 37.7 Å². The first-order valence-electron chi connectivity index (χ1n) is 9.72. The van der Waals surface area contributed by atoms with Crippen LogP contribution in [-0.2, 0) is 11.3 Å². The van der Waals surface area contributed by atoms with E-state index in [-0.39, 0.29) is 11.7 Å². The maximum Gasteiger partial charge on any atom is 0.234 e. The molecule has 1 aromatic carbocycles. The van der Waals surface area contributed by atoms with Crippen LogP contribution in [0.15, 0.2) is 47.9 Å². The third kappa shape index (κ3) is 6.43. The van der Waals surface area contributed by atoms with Gasteiger partial charge in [-0.2, -0.15) is 0 Å². The molecule has 0 bridgehead atoms. The van der Waals surface area contributed by atoms with Gasteiger partial charge in [0.1, 0.15) is 5.75 Å². The lowest BCUT2D eigenvalue weighted by molar-refractivity contribution is -0.113. The molecule has 8 nitrogen and oxygen atoms in total. The maximum atomic E-state index is 12.6. The van der Waals surface area contributed by atoms with Crippen LogP contribution in [0.4, 0.5) is 5.69 Å². The second kappa shape index (κ2) is 11.1. The molecule has 0 atom stereocenters. The molecule has 1 N–H and O–H groups in total. The van der Waals surface area contributed by atoms with E-state index < -0.39 is 0 Å². The van der Waals surface area contributed by atoms with Crippen LogP contribution in [0.2, 0.25) is 5.02 Å². The van der Waals surface area contributed by atoms with Crippen molar-refractivity contribution in [2.24, 2.45) is 0 Å². The van der Waals surface area contributed by atoms with Gasteiger partial charge in [-0.05, 0) is 57.4 Å². The first kappa shape index (κ1) is 23.1. The summed E-state index contributed by atoms with van der Waals surface area (Å²) in [6.45, 7) is 1.68. The number of nitrogens with one attached hydrogen (secondary N) is 1. The van der Waals surface area contributed by atoms with E-state index >= 15 is 0 Å². The Labute approximate surface area is 191 Å². The van der Waals surface area contributed by atoms with E-state index in [0.29, 0.717) is 21.6 Å². The highest BCUT2D eigenvalue weighted by Gasteiger charge is 2.16. The predicted molar refractivity (Wildman–Crippen MR) is 124 cm³/mol. The molecule has 3 rings (SSSR count). The van der Waals surface area contributed by atoms with Gasteiger partial charge in [-0.1, -0.05) is 23.4 Å². The summed E-state index contributed by atoms with van der Waals surface area (Å²) in [4.78, 5) is 18.8. The van der Waals surface area contributed by atoms with Crippen LogP contribution in [0, 0.1) is 0 Å². The Bertz CT molecular complexity index is 1010. The van der Waals surface area contributed by atoms with E-state index in [1.807, 2.05) is 26.2 Å². The minimum absolute atomic E-state index is 0.178. The highest BCUT2D eigenvalue weighted by molar-refractivity contribution is 7.99. The van der Waals surface area contributed by atoms with Crippen molar-refractivity contribution < 1.29 is 9.53 Å². The first-order valence-corrected chi connectivity index (χ1v) is 11.1. The number of ether oxygens (including phenoxy) is 1. The van der Waals surface area contributed by atoms with Gasteiger partial charge in [0, 0.05) is 29.5 Å². The third-order valence-electron chi connectivity index (χ3n) is 4.41. The summed E-state index contributed by atoms with van der Waals surface area (Å²) in [6.07, 6.45) is 4.39. The molecule has 0 saturated carbocycles. The average molecular weight is 461 g/mol. The third-order valence-corrected chi connectivity index (χ3v) is 5.61. The van der Waals surface area contributed by atoms with Gasteiger partial charge in [-0.15, -0.1) is 10.2 Å². The fourth-order valence-corrected chi connectivity index (χ4v) is 3.89. The van der Waals surface area contributed by atoms with Crippen molar-refractivity contribution in [2.45, 2.75) is 18.1 Å². The Balaban J connectivity index is 1.72. The SMILES string of the molecule is COc1ccc(Cl)cc1NC(=O)CSc1nnc(-c2ccncc2)n1CCCN(C)C. The smallest absolute Gasteiger partial charge is 0.234 e. The Morgan fingerprint density at radius 2 is 2.00 bits per heavy atom. The monoisotopic (exact) mass is 460 g/mol. The summed E-state index contributed by atoms with van der Waals surface area (Å²) in [6, 6.07) is 8.89. The van der Waals surface area contributed by atoms with E-state index in [4.69, 9.17) is 16.3 Å². The number of anilines is 1. The number of halogens is 1. The fourth-order valence-electron chi connectivity index (χ4n) is 2.95. The van der Waals surface area contributed by atoms with E-state index in [0.717, 1.165) is 30.9 Å². The molecule has 2 heterocycles. The van der Waals surface area contributed by atoms with Crippen molar-refractivity contribution in [3.05, 3.63) is 47.7 Å². The minimum Gasteiger partial charge on any atom is -0.495 e. The number of benzene rings is 1. The molecular weight excluding hydrogens is 436 g/mol. The van der Waals surface area contributed by atoms with E-state index in [2.05, 4.69) is 30.0 Å². The van der Waals surface area contributed by atoms with Crippen molar-refractivity contribution in [1.82, 2.24) is 24.6 Å². The van der Waals surface area contributed by atoms with E-state index in [1.165, 1.54) is 11.8 Å². The molecule has 0 fully saturated rings. The van der Waals surface area contributed by atoms with Crippen molar-refractivity contribution in [1.29, 1.82) is 0 Å². The zero-order chi connectivity index (χ0) is 22.2. The van der Waals surface area contributed by atoms with Crippen molar-refractivity contribution in [2.75, 3.05) is 38.8 Å². The quantitative estimate of drug-likeness (QED) is 0.462. The van der Waals surface area contributed by atoms with Gasteiger partial charge in [-0.3, -0.25) is 9.78 Å². The number of amides is 1. The molecule has 0 aliphatic heterocycles. The molecule has 0 saturated heterocycles. The molecule has 0 spiro atoms. The van der Waals surface area contributed by atoms with Gasteiger partial charge in [0.25, 0.3) is 0 Å². The molecule has 3 aromatic rings. The van der Waals surface area contributed by atoms with Crippen LogP contribution in [0.1, 0.15) is 6.42 Å². The largest absolute Gasteiger partial charge is 0.495 e. The second-order valence-corrected chi connectivity index (χ2v) is 8.41. The second-order valence-electron chi connectivity index (χ2n) is 7.03. The zero-order valence-corrected chi connectivity index (χ0v) is 19.3. The van der Waals surface area contributed by atoms with Crippen LogP contribution < -0.4 is 10.1 Å². The summed E-state index contributed by atoms with van der Waals surface area (Å²) in [5, 5.41) is 12.8. The van der Waals surface area contributed by atoms with Crippen LogP contribution in [-0.4, -0.2) is 64.1 Å². The minimum atomic E-state index is -0.182. The zero-order valence-electron chi connectivity index (χ0n) is 17.7. The predicted octanol–water partition coefficient (Wildman–Crippen LogP) is 3.68. The number of hydrogen-bond donors (Lipinski definition) is 1. The normalized spacial score (nSPS) is 11.0. The number of thioether (sulfide) groups is 1. The molecular formula is C21H25ClN6O2S.